The largest absolute Gasteiger partial charge is 0.393 e. The maximum absolute atomic E-state index is 11.5. The van der Waals surface area contributed by atoms with Gasteiger partial charge in [-0.3, -0.25) is 0 Å². The minimum atomic E-state index is -0.122. The molecule has 27 heavy (non-hydrogen) atoms. The second kappa shape index (κ2) is 7.29. The van der Waals surface area contributed by atoms with Crippen LogP contribution in [0.3, 0.4) is 0 Å². The Bertz CT molecular complexity index is 538. The summed E-state index contributed by atoms with van der Waals surface area (Å²) in [6.45, 7) is 8.24. The van der Waals surface area contributed by atoms with Gasteiger partial charge in [0.05, 0.1) is 6.10 Å². The summed E-state index contributed by atoms with van der Waals surface area (Å²) in [6, 6.07) is 0.415. The van der Waals surface area contributed by atoms with Crippen LogP contribution in [0.25, 0.3) is 0 Å². The van der Waals surface area contributed by atoms with E-state index in [2.05, 4.69) is 20.8 Å². The van der Waals surface area contributed by atoms with E-state index >= 15 is 0 Å². The average molecular weight is 377 g/mol. The highest BCUT2D eigenvalue weighted by atomic mass is 16.3. The van der Waals surface area contributed by atoms with E-state index in [1.165, 1.54) is 51.4 Å². The van der Waals surface area contributed by atoms with Crippen LogP contribution in [0.1, 0.15) is 85.0 Å². The molecule has 10 atom stereocenters. The van der Waals surface area contributed by atoms with Gasteiger partial charge >= 0.3 is 0 Å². The van der Waals surface area contributed by atoms with E-state index in [9.17, 15) is 5.11 Å². The van der Waals surface area contributed by atoms with Crippen LogP contribution in [0, 0.1) is 46.3 Å². The van der Waals surface area contributed by atoms with Crippen LogP contribution < -0.4 is 11.5 Å². The Balaban J connectivity index is 1.58. The lowest BCUT2D eigenvalue weighted by Gasteiger charge is -2.62. The molecule has 5 N–H and O–H groups in total. The molecule has 0 saturated heterocycles. The van der Waals surface area contributed by atoms with E-state index in [1.54, 1.807) is 0 Å². The smallest absolute Gasteiger partial charge is 0.0602 e. The molecule has 4 fully saturated rings. The first-order chi connectivity index (χ1) is 12.8. The van der Waals surface area contributed by atoms with Crippen LogP contribution in [0.2, 0.25) is 0 Å². The van der Waals surface area contributed by atoms with Crippen molar-refractivity contribution in [3.05, 3.63) is 0 Å². The molecule has 0 bridgehead atoms. The van der Waals surface area contributed by atoms with Crippen molar-refractivity contribution in [3.8, 4) is 0 Å². The van der Waals surface area contributed by atoms with E-state index in [0.29, 0.717) is 23.3 Å². The molecule has 4 saturated carbocycles. The zero-order valence-corrected chi connectivity index (χ0v) is 18.0. The molecular weight excluding hydrogens is 332 g/mol. The summed E-state index contributed by atoms with van der Waals surface area (Å²) >= 11 is 0. The van der Waals surface area contributed by atoms with E-state index in [4.69, 9.17) is 11.5 Å². The third-order valence-electron chi connectivity index (χ3n) is 10.4. The number of hydrogen-bond acceptors (Lipinski definition) is 3. The van der Waals surface area contributed by atoms with Gasteiger partial charge in [0.2, 0.25) is 0 Å². The van der Waals surface area contributed by atoms with Gasteiger partial charge in [0.1, 0.15) is 0 Å². The molecule has 0 heterocycles. The molecular formula is C24H44N2O. The second-order valence-corrected chi connectivity index (χ2v) is 11.4. The quantitative estimate of drug-likeness (QED) is 0.684. The van der Waals surface area contributed by atoms with Crippen molar-refractivity contribution in [1.82, 2.24) is 0 Å². The summed E-state index contributed by atoms with van der Waals surface area (Å²) in [6.07, 6.45) is 12.4. The SMILES string of the molecule is C[C@H](CCCN)[C@H]1CC[C@H]2[C@@H]3CC[C@@H]4C[C@@H](N)CC[C@]4(C)[C@H]3C[C@H](O)[C@]12C. The summed E-state index contributed by atoms with van der Waals surface area (Å²) in [5.41, 5.74) is 12.7. The van der Waals surface area contributed by atoms with Gasteiger partial charge in [0.25, 0.3) is 0 Å². The zero-order chi connectivity index (χ0) is 19.4. The molecule has 0 radical (unpaired) electrons. The van der Waals surface area contributed by atoms with Gasteiger partial charge in [-0.2, -0.15) is 0 Å². The second-order valence-electron chi connectivity index (χ2n) is 11.4. The van der Waals surface area contributed by atoms with Crippen molar-refractivity contribution in [1.29, 1.82) is 0 Å². The Morgan fingerprint density at radius 2 is 1.81 bits per heavy atom. The highest BCUT2D eigenvalue weighted by Crippen LogP contribution is 2.68. The summed E-state index contributed by atoms with van der Waals surface area (Å²) in [5.74, 6) is 4.44. The first kappa shape index (κ1) is 20.2. The molecule has 4 aliphatic carbocycles. The molecule has 0 spiro atoms. The first-order valence-electron chi connectivity index (χ1n) is 12.0. The van der Waals surface area contributed by atoms with Gasteiger partial charge in [-0.05, 0) is 117 Å². The third-order valence-corrected chi connectivity index (χ3v) is 10.4. The number of fused-ring (bicyclic) bond motifs is 5. The van der Waals surface area contributed by atoms with E-state index in [0.717, 1.165) is 43.1 Å². The minimum Gasteiger partial charge on any atom is -0.393 e. The highest BCUT2D eigenvalue weighted by molar-refractivity contribution is 5.12. The molecule has 156 valence electrons. The molecule has 4 aliphatic rings. The monoisotopic (exact) mass is 376 g/mol. The van der Waals surface area contributed by atoms with Gasteiger partial charge in [-0.25, -0.2) is 0 Å². The molecule has 3 nitrogen and oxygen atoms in total. The maximum Gasteiger partial charge on any atom is 0.0602 e. The van der Waals surface area contributed by atoms with E-state index in [1.807, 2.05) is 0 Å². The van der Waals surface area contributed by atoms with Crippen molar-refractivity contribution in [2.45, 2.75) is 97.1 Å². The minimum absolute atomic E-state index is 0.122. The van der Waals surface area contributed by atoms with Gasteiger partial charge in [-0.15, -0.1) is 0 Å². The third kappa shape index (κ3) is 3.02. The fourth-order valence-electron chi connectivity index (χ4n) is 8.86. The fourth-order valence-corrected chi connectivity index (χ4v) is 8.86. The van der Waals surface area contributed by atoms with Gasteiger partial charge < -0.3 is 16.6 Å². The predicted molar refractivity (Wildman–Crippen MR) is 112 cm³/mol. The summed E-state index contributed by atoms with van der Waals surface area (Å²) in [5, 5.41) is 11.5. The Labute approximate surface area is 167 Å². The van der Waals surface area contributed by atoms with Crippen LogP contribution in [0.4, 0.5) is 0 Å². The molecule has 0 aromatic rings. The van der Waals surface area contributed by atoms with E-state index in [-0.39, 0.29) is 11.5 Å². The lowest BCUT2D eigenvalue weighted by Crippen LogP contribution is -2.59. The molecule has 0 aliphatic heterocycles. The number of aliphatic hydroxyl groups is 1. The molecule has 0 aromatic heterocycles. The van der Waals surface area contributed by atoms with Crippen LogP contribution in [0.5, 0.6) is 0 Å². The van der Waals surface area contributed by atoms with Crippen molar-refractivity contribution in [3.63, 3.8) is 0 Å². The van der Waals surface area contributed by atoms with Crippen LogP contribution in [-0.2, 0) is 0 Å². The number of aliphatic hydroxyl groups excluding tert-OH is 1. The lowest BCUT2D eigenvalue weighted by molar-refractivity contribution is -0.169. The Kier molecular flexibility index (Phi) is 5.44. The molecule has 3 heteroatoms. The Morgan fingerprint density at radius 1 is 1.04 bits per heavy atom. The molecule has 0 amide bonds. The average Bonchev–Trinajstić information content (AvgIpc) is 3.00. The van der Waals surface area contributed by atoms with Crippen molar-refractivity contribution in [2.24, 2.45) is 57.8 Å². The summed E-state index contributed by atoms with van der Waals surface area (Å²) < 4.78 is 0. The normalized spacial score (nSPS) is 53.3. The van der Waals surface area contributed by atoms with Crippen LogP contribution >= 0.6 is 0 Å². The van der Waals surface area contributed by atoms with E-state index < -0.39 is 0 Å². The zero-order valence-electron chi connectivity index (χ0n) is 18.0. The number of rotatable bonds is 4. The number of nitrogens with two attached hydrogens (primary N) is 2. The van der Waals surface area contributed by atoms with Crippen molar-refractivity contribution >= 4 is 0 Å². The van der Waals surface area contributed by atoms with Crippen LogP contribution in [-0.4, -0.2) is 23.8 Å². The van der Waals surface area contributed by atoms with Gasteiger partial charge in [-0.1, -0.05) is 20.8 Å². The van der Waals surface area contributed by atoms with Crippen molar-refractivity contribution < 1.29 is 5.11 Å². The highest BCUT2D eigenvalue weighted by Gasteiger charge is 2.63. The summed E-state index contributed by atoms with van der Waals surface area (Å²) in [7, 11) is 0. The first-order valence-corrected chi connectivity index (χ1v) is 12.0. The summed E-state index contributed by atoms with van der Waals surface area (Å²) in [4.78, 5) is 0. The molecule has 0 aromatic carbocycles. The Hall–Kier alpha value is -0.120. The maximum atomic E-state index is 11.5. The molecule has 4 rings (SSSR count). The lowest BCUT2D eigenvalue weighted by atomic mass is 9.43. The number of hydrogen-bond donors (Lipinski definition) is 3. The topological polar surface area (TPSA) is 72.3 Å². The van der Waals surface area contributed by atoms with Gasteiger partial charge in [0.15, 0.2) is 0 Å². The predicted octanol–water partition coefficient (Wildman–Crippen LogP) is 4.32. The van der Waals surface area contributed by atoms with Crippen LogP contribution in [0.15, 0.2) is 0 Å². The fraction of sp³-hybridized carbons (Fsp3) is 1.00. The van der Waals surface area contributed by atoms with Crippen molar-refractivity contribution in [2.75, 3.05) is 6.54 Å². The Morgan fingerprint density at radius 3 is 2.56 bits per heavy atom. The van der Waals surface area contributed by atoms with Gasteiger partial charge in [0, 0.05) is 6.04 Å². The molecule has 0 unspecified atom stereocenters. The standard InChI is InChI=1S/C24H44N2O/c1-15(5-4-12-25)19-8-9-20-18-7-6-16-13-17(26)10-11-23(16,2)21(18)14-22(27)24(19,20)3/h15-22,27H,4-14,25-26H2,1-3H3/t15-,16-,17+,18+,19-,20+,21+,22+,23+,24-/m1/s1.